The van der Waals surface area contributed by atoms with Gasteiger partial charge in [0.05, 0.1) is 13.7 Å². The Morgan fingerprint density at radius 2 is 1.88 bits per heavy atom. The van der Waals surface area contributed by atoms with E-state index < -0.39 is 0 Å². The summed E-state index contributed by atoms with van der Waals surface area (Å²) >= 11 is 3.28. The first-order valence-corrected chi connectivity index (χ1v) is 6.15. The maximum absolute atomic E-state index is 5.39. The van der Waals surface area contributed by atoms with Crippen LogP contribution in [-0.4, -0.2) is 7.11 Å². The fourth-order valence-corrected chi connectivity index (χ4v) is 1.86. The van der Waals surface area contributed by atoms with Crippen LogP contribution < -0.4 is 10.1 Å². The lowest BCUT2D eigenvalue weighted by molar-refractivity contribution is 0.414. The van der Waals surface area contributed by atoms with Crippen LogP contribution in [-0.2, 0) is 13.1 Å². The zero-order valence-corrected chi connectivity index (χ0v) is 11.2. The summed E-state index contributed by atoms with van der Waals surface area (Å²) in [4.78, 5) is 0. The van der Waals surface area contributed by atoms with Crippen molar-refractivity contribution in [2.75, 3.05) is 7.11 Å². The van der Waals surface area contributed by atoms with E-state index in [-0.39, 0.29) is 0 Å². The molecule has 1 aromatic heterocycles. The van der Waals surface area contributed by atoms with Crippen LogP contribution in [0.5, 0.6) is 5.75 Å². The molecule has 2 aromatic rings. The van der Waals surface area contributed by atoms with Crippen molar-refractivity contribution in [2.24, 2.45) is 0 Å². The zero-order valence-electron chi connectivity index (χ0n) is 9.57. The van der Waals surface area contributed by atoms with Gasteiger partial charge < -0.3 is 14.5 Å². The molecule has 0 aliphatic heterocycles. The topological polar surface area (TPSA) is 34.4 Å². The smallest absolute Gasteiger partial charge is 0.169 e. The van der Waals surface area contributed by atoms with E-state index in [1.165, 1.54) is 5.56 Å². The van der Waals surface area contributed by atoms with E-state index in [9.17, 15) is 0 Å². The minimum atomic E-state index is 0.720. The van der Waals surface area contributed by atoms with Gasteiger partial charge in [0.1, 0.15) is 11.5 Å². The molecule has 0 aliphatic carbocycles. The first-order chi connectivity index (χ1) is 8.28. The number of rotatable bonds is 5. The van der Waals surface area contributed by atoms with Crippen LogP contribution in [0.3, 0.4) is 0 Å². The number of hydrogen-bond acceptors (Lipinski definition) is 3. The van der Waals surface area contributed by atoms with Crippen molar-refractivity contribution >= 4 is 15.9 Å². The molecule has 0 saturated heterocycles. The standard InChI is InChI=1S/C13H14BrNO2/c1-16-11-4-2-10(3-5-11)8-15-9-12-6-7-13(14)17-12/h2-7,15H,8-9H2,1H3. The molecule has 0 fully saturated rings. The highest BCUT2D eigenvalue weighted by atomic mass is 79.9. The van der Waals surface area contributed by atoms with Gasteiger partial charge >= 0.3 is 0 Å². The predicted octanol–water partition coefficient (Wildman–Crippen LogP) is 3.34. The first-order valence-electron chi connectivity index (χ1n) is 5.36. The van der Waals surface area contributed by atoms with E-state index in [0.29, 0.717) is 0 Å². The Balaban J connectivity index is 1.81. The third-order valence-electron chi connectivity index (χ3n) is 2.42. The molecule has 0 unspecified atom stereocenters. The summed E-state index contributed by atoms with van der Waals surface area (Å²) in [6.07, 6.45) is 0. The molecular formula is C13H14BrNO2. The van der Waals surface area contributed by atoms with Crippen molar-refractivity contribution in [2.45, 2.75) is 13.1 Å². The number of nitrogens with one attached hydrogen (secondary N) is 1. The first kappa shape index (κ1) is 12.2. The summed E-state index contributed by atoms with van der Waals surface area (Å²) in [5.41, 5.74) is 1.22. The van der Waals surface area contributed by atoms with Gasteiger partial charge in [-0.3, -0.25) is 0 Å². The minimum absolute atomic E-state index is 0.720. The molecule has 2 rings (SSSR count). The van der Waals surface area contributed by atoms with Crippen LogP contribution in [0.4, 0.5) is 0 Å². The normalized spacial score (nSPS) is 10.5. The highest BCUT2D eigenvalue weighted by Gasteiger charge is 1.99. The molecule has 3 nitrogen and oxygen atoms in total. The third kappa shape index (κ3) is 3.61. The number of hydrogen-bond donors (Lipinski definition) is 1. The van der Waals surface area contributed by atoms with E-state index in [1.807, 2.05) is 36.4 Å². The van der Waals surface area contributed by atoms with Crippen molar-refractivity contribution in [1.82, 2.24) is 5.32 Å². The van der Waals surface area contributed by atoms with Crippen LogP contribution in [0.2, 0.25) is 0 Å². The van der Waals surface area contributed by atoms with E-state index >= 15 is 0 Å². The summed E-state index contributed by atoms with van der Waals surface area (Å²) in [7, 11) is 1.67. The second kappa shape index (κ2) is 5.89. The summed E-state index contributed by atoms with van der Waals surface area (Å²) in [6.45, 7) is 1.53. The zero-order chi connectivity index (χ0) is 12.1. The molecule has 4 heteroatoms. The van der Waals surface area contributed by atoms with E-state index in [0.717, 1.165) is 29.3 Å². The van der Waals surface area contributed by atoms with Crippen LogP contribution in [0, 0.1) is 0 Å². The average Bonchev–Trinajstić information content (AvgIpc) is 2.76. The third-order valence-corrected chi connectivity index (χ3v) is 2.84. The lowest BCUT2D eigenvalue weighted by Crippen LogP contribution is -2.11. The second-order valence-electron chi connectivity index (χ2n) is 3.66. The van der Waals surface area contributed by atoms with E-state index in [4.69, 9.17) is 9.15 Å². The van der Waals surface area contributed by atoms with Gasteiger partial charge in [-0.25, -0.2) is 0 Å². The second-order valence-corrected chi connectivity index (χ2v) is 4.44. The van der Waals surface area contributed by atoms with Gasteiger partial charge in [0.25, 0.3) is 0 Å². The molecule has 1 heterocycles. The summed E-state index contributed by atoms with van der Waals surface area (Å²) in [5, 5.41) is 3.31. The van der Waals surface area contributed by atoms with Gasteiger partial charge in [-0.2, -0.15) is 0 Å². The van der Waals surface area contributed by atoms with Crippen molar-refractivity contribution in [3.8, 4) is 5.75 Å². The predicted molar refractivity (Wildman–Crippen MR) is 69.9 cm³/mol. The fraction of sp³-hybridized carbons (Fsp3) is 0.231. The number of furan rings is 1. The minimum Gasteiger partial charge on any atom is -0.497 e. The Morgan fingerprint density at radius 3 is 2.47 bits per heavy atom. The van der Waals surface area contributed by atoms with Gasteiger partial charge in [-0.15, -0.1) is 0 Å². The number of benzene rings is 1. The van der Waals surface area contributed by atoms with Gasteiger partial charge in [-0.1, -0.05) is 12.1 Å². The van der Waals surface area contributed by atoms with Gasteiger partial charge in [0.2, 0.25) is 0 Å². The van der Waals surface area contributed by atoms with E-state index in [2.05, 4.69) is 21.2 Å². The maximum Gasteiger partial charge on any atom is 0.169 e. The fourth-order valence-electron chi connectivity index (χ4n) is 1.52. The number of ether oxygens (including phenoxy) is 1. The summed E-state index contributed by atoms with van der Waals surface area (Å²) in [5.74, 6) is 1.80. The molecule has 17 heavy (non-hydrogen) atoms. The summed E-state index contributed by atoms with van der Waals surface area (Å²) < 4.78 is 11.3. The van der Waals surface area contributed by atoms with Crippen molar-refractivity contribution in [3.05, 3.63) is 52.4 Å². The summed E-state index contributed by atoms with van der Waals surface area (Å²) in [6, 6.07) is 11.9. The molecule has 1 aromatic carbocycles. The number of methoxy groups -OCH3 is 1. The van der Waals surface area contributed by atoms with Crippen molar-refractivity contribution in [3.63, 3.8) is 0 Å². The quantitative estimate of drug-likeness (QED) is 0.919. The molecule has 0 saturated carbocycles. The number of halogens is 1. The Hall–Kier alpha value is -1.26. The van der Waals surface area contributed by atoms with Crippen molar-refractivity contribution < 1.29 is 9.15 Å². The van der Waals surface area contributed by atoms with Crippen LogP contribution in [0.1, 0.15) is 11.3 Å². The Morgan fingerprint density at radius 1 is 1.12 bits per heavy atom. The average molecular weight is 296 g/mol. The van der Waals surface area contributed by atoms with Crippen LogP contribution in [0.25, 0.3) is 0 Å². The largest absolute Gasteiger partial charge is 0.497 e. The van der Waals surface area contributed by atoms with Gasteiger partial charge in [0.15, 0.2) is 4.67 Å². The SMILES string of the molecule is COc1ccc(CNCc2ccc(Br)o2)cc1. The molecule has 0 atom stereocenters. The lowest BCUT2D eigenvalue weighted by Gasteiger charge is -2.04. The monoisotopic (exact) mass is 295 g/mol. The lowest BCUT2D eigenvalue weighted by atomic mass is 10.2. The van der Waals surface area contributed by atoms with Crippen molar-refractivity contribution in [1.29, 1.82) is 0 Å². The molecule has 90 valence electrons. The highest BCUT2D eigenvalue weighted by Crippen LogP contribution is 2.14. The molecular weight excluding hydrogens is 282 g/mol. The van der Waals surface area contributed by atoms with Gasteiger partial charge in [-0.05, 0) is 45.8 Å². The molecule has 0 amide bonds. The molecule has 0 radical (unpaired) electrons. The Labute approximate surface area is 109 Å². The van der Waals surface area contributed by atoms with Gasteiger partial charge in [0, 0.05) is 6.54 Å². The highest BCUT2D eigenvalue weighted by molar-refractivity contribution is 9.10. The Bertz CT molecular complexity index is 465. The van der Waals surface area contributed by atoms with Crippen LogP contribution >= 0.6 is 15.9 Å². The van der Waals surface area contributed by atoms with Crippen LogP contribution in [0.15, 0.2) is 45.5 Å². The molecule has 0 bridgehead atoms. The maximum atomic E-state index is 5.39. The Kier molecular flexibility index (Phi) is 4.23. The molecule has 0 spiro atoms. The molecule has 0 aliphatic rings. The van der Waals surface area contributed by atoms with E-state index in [1.54, 1.807) is 7.11 Å². The molecule has 1 N–H and O–H groups in total.